The minimum Gasteiger partial charge on any atom is -0.384 e. The second-order valence-electron chi connectivity index (χ2n) is 9.59. The number of carbonyl (C=O) groups is 1. The summed E-state index contributed by atoms with van der Waals surface area (Å²) >= 11 is 0. The Hall–Kier alpha value is -1.81. The zero-order valence-electron chi connectivity index (χ0n) is 20.4. The molecule has 0 spiro atoms. The quantitative estimate of drug-likeness (QED) is 0.275. The summed E-state index contributed by atoms with van der Waals surface area (Å²) in [5.74, 6) is 0.246. The number of halogens is 6. The number of carbonyl (C=O) groups excluding carboxylic acids is 1. The summed E-state index contributed by atoms with van der Waals surface area (Å²) in [6.45, 7) is 3.39. The van der Waals surface area contributed by atoms with Crippen LogP contribution in [-0.2, 0) is 9.53 Å². The van der Waals surface area contributed by atoms with Crippen molar-refractivity contribution in [3.8, 4) is 0 Å². The lowest BCUT2D eigenvalue weighted by Gasteiger charge is -2.34. The number of alkyl halides is 6. The minimum atomic E-state index is -4.75. The third kappa shape index (κ3) is 9.63. The fourth-order valence-electron chi connectivity index (χ4n) is 5.26. The molecule has 35 heavy (non-hydrogen) atoms. The third-order valence-electron chi connectivity index (χ3n) is 7.06. The number of amides is 1. The number of methoxy groups -OCH3 is 1. The highest BCUT2D eigenvalue weighted by molar-refractivity contribution is 5.76. The van der Waals surface area contributed by atoms with E-state index in [0.29, 0.717) is 36.2 Å². The molecule has 0 bridgehead atoms. The Morgan fingerprint density at radius 1 is 1.14 bits per heavy atom. The molecule has 4 nitrogen and oxygen atoms in total. The van der Waals surface area contributed by atoms with Gasteiger partial charge in [-0.3, -0.25) is 4.79 Å². The average molecular weight is 511 g/mol. The maximum atomic E-state index is 13.0. The minimum absolute atomic E-state index is 0.127. The fourth-order valence-corrected chi connectivity index (χ4v) is 5.26. The third-order valence-corrected chi connectivity index (χ3v) is 7.06. The standard InChI is InChI=1S/C25H36F6N2O2/c1-4-20(25(29,30)31)12-18(10-11-24(26,27)28)15-32-23(34)14-17-8-9-21(13-17)33(2)22-7-5-6-19(22)16-35-3/h4,10,12,17,19,21-22H,1,5-9,11,13-16H2,2-3H3,(H,32,34)/b18-10+,20-12+. The van der Waals surface area contributed by atoms with Gasteiger partial charge in [-0.25, -0.2) is 0 Å². The van der Waals surface area contributed by atoms with Crippen LogP contribution in [0.2, 0.25) is 0 Å². The SMILES string of the molecule is C=C/C(=C\C(=C/CC(F)(F)F)CNC(=O)CC1CCC(N(C)C2CCCC2COC)C1)C(F)(F)F. The van der Waals surface area contributed by atoms with E-state index in [1.807, 2.05) is 0 Å². The van der Waals surface area contributed by atoms with Crippen molar-refractivity contribution in [2.75, 3.05) is 27.3 Å². The fraction of sp³-hybridized carbons (Fsp3) is 0.720. The molecule has 2 saturated carbocycles. The van der Waals surface area contributed by atoms with Crippen LogP contribution in [0.3, 0.4) is 0 Å². The number of hydrogen-bond acceptors (Lipinski definition) is 3. The molecule has 0 aromatic carbocycles. The van der Waals surface area contributed by atoms with Crippen molar-refractivity contribution < 1.29 is 35.9 Å². The molecule has 2 fully saturated rings. The average Bonchev–Trinajstić information content (AvgIpc) is 3.41. The van der Waals surface area contributed by atoms with Gasteiger partial charge in [0.1, 0.15) is 0 Å². The molecule has 4 atom stereocenters. The van der Waals surface area contributed by atoms with E-state index in [4.69, 9.17) is 4.74 Å². The molecule has 0 saturated heterocycles. The summed E-state index contributed by atoms with van der Waals surface area (Å²) in [4.78, 5) is 14.9. The van der Waals surface area contributed by atoms with Gasteiger partial charge in [0.25, 0.3) is 0 Å². The largest absolute Gasteiger partial charge is 0.416 e. The molecule has 0 aromatic heterocycles. The Morgan fingerprint density at radius 3 is 2.46 bits per heavy atom. The molecule has 4 unspecified atom stereocenters. The molecule has 0 heterocycles. The van der Waals surface area contributed by atoms with Crippen molar-refractivity contribution in [1.82, 2.24) is 10.2 Å². The van der Waals surface area contributed by atoms with E-state index >= 15 is 0 Å². The molecular formula is C25H36F6N2O2. The smallest absolute Gasteiger partial charge is 0.384 e. The van der Waals surface area contributed by atoms with Crippen molar-refractivity contribution in [3.05, 3.63) is 36.0 Å². The summed E-state index contributed by atoms with van der Waals surface area (Å²) in [7, 11) is 3.83. The molecule has 200 valence electrons. The molecule has 2 rings (SSSR count). The highest BCUT2D eigenvalue weighted by atomic mass is 19.4. The molecule has 1 N–H and O–H groups in total. The zero-order valence-corrected chi connectivity index (χ0v) is 20.4. The van der Waals surface area contributed by atoms with Crippen LogP contribution in [0.25, 0.3) is 0 Å². The molecule has 0 aliphatic heterocycles. The Balaban J connectivity index is 1.93. The van der Waals surface area contributed by atoms with E-state index in [0.717, 1.165) is 38.7 Å². The van der Waals surface area contributed by atoms with Crippen molar-refractivity contribution in [3.63, 3.8) is 0 Å². The number of nitrogens with one attached hydrogen (secondary N) is 1. The van der Waals surface area contributed by atoms with Gasteiger partial charge in [0.15, 0.2) is 0 Å². The predicted octanol–water partition coefficient (Wildman–Crippen LogP) is 5.96. The summed E-state index contributed by atoms with van der Waals surface area (Å²) < 4.78 is 82.3. The van der Waals surface area contributed by atoms with Gasteiger partial charge >= 0.3 is 12.4 Å². The lowest BCUT2D eigenvalue weighted by atomic mass is 10.00. The molecule has 0 aromatic rings. The van der Waals surface area contributed by atoms with Gasteiger partial charge in [0.2, 0.25) is 5.91 Å². The maximum absolute atomic E-state index is 13.0. The lowest BCUT2D eigenvalue weighted by Crippen LogP contribution is -2.42. The van der Waals surface area contributed by atoms with Crippen LogP contribution in [0, 0.1) is 11.8 Å². The van der Waals surface area contributed by atoms with Gasteiger partial charge < -0.3 is 15.0 Å². The van der Waals surface area contributed by atoms with Crippen LogP contribution in [0.4, 0.5) is 26.3 Å². The second-order valence-corrected chi connectivity index (χ2v) is 9.59. The topological polar surface area (TPSA) is 41.6 Å². The van der Waals surface area contributed by atoms with Gasteiger partial charge in [0.05, 0.1) is 18.6 Å². The number of allylic oxidation sites excluding steroid dienone is 3. The van der Waals surface area contributed by atoms with Crippen LogP contribution in [0.15, 0.2) is 36.0 Å². The Bertz CT molecular complexity index is 775. The first-order valence-corrected chi connectivity index (χ1v) is 12.0. The van der Waals surface area contributed by atoms with Gasteiger partial charge in [-0.15, -0.1) is 0 Å². The lowest BCUT2D eigenvalue weighted by molar-refractivity contribution is -0.125. The molecule has 0 radical (unpaired) electrons. The van der Waals surface area contributed by atoms with Crippen LogP contribution in [-0.4, -0.2) is 62.6 Å². The zero-order chi connectivity index (χ0) is 26.2. The van der Waals surface area contributed by atoms with E-state index in [9.17, 15) is 31.1 Å². The first kappa shape index (κ1) is 29.4. The normalized spacial score (nSPS) is 26.4. The summed E-state index contributed by atoms with van der Waals surface area (Å²) in [6.07, 6.45) is -2.64. The summed E-state index contributed by atoms with van der Waals surface area (Å²) in [5, 5.41) is 2.50. The van der Waals surface area contributed by atoms with Crippen LogP contribution < -0.4 is 5.32 Å². The van der Waals surface area contributed by atoms with E-state index in [1.165, 1.54) is 6.42 Å². The Labute approximate surface area is 203 Å². The second kappa shape index (κ2) is 12.9. The maximum Gasteiger partial charge on any atom is 0.416 e. The van der Waals surface area contributed by atoms with Crippen molar-refractivity contribution in [2.24, 2.45) is 11.8 Å². The summed E-state index contributed by atoms with van der Waals surface area (Å²) in [5.41, 5.74) is -1.43. The van der Waals surface area contributed by atoms with E-state index in [-0.39, 0.29) is 23.8 Å². The van der Waals surface area contributed by atoms with Crippen LogP contribution in [0.5, 0.6) is 0 Å². The number of ether oxygens (including phenoxy) is 1. The molecule has 10 heteroatoms. The number of hydrogen-bond donors (Lipinski definition) is 1. The van der Waals surface area contributed by atoms with Gasteiger partial charge in [0, 0.05) is 32.2 Å². The Kier molecular flexibility index (Phi) is 10.9. The van der Waals surface area contributed by atoms with E-state index < -0.39 is 30.9 Å². The number of rotatable bonds is 11. The monoisotopic (exact) mass is 510 g/mol. The van der Waals surface area contributed by atoms with Crippen molar-refractivity contribution >= 4 is 5.91 Å². The number of nitrogens with zero attached hydrogens (tertiary/aromatic N) is 1. The van der Waals surface area contributed by atoms with Gasteiger partial charge in [-0.2, -0.15) is 26.3 Å². The molecule has 2 aliphatic carbocycles. The van der Waals surface area contributed by atoms with Crippen LogP contribution >= 0.6 is 0 Å². The molecule has 2 aliphatic rings. The first-order valence-electron chi connectivity index (χ1n) is 12.0. The van der Waals surface area contributed by atoms with Gasteiger partial charge in [-0.05, 0) is 62.6 Å². The first-order chi connectivity index (χ1) is 16.3. The predicted molar refractivity (Wildman–Crippen MR) is 123 cm³/mol. The highest BCUT2D eigenvalue weighted by Gasteiger charge is 2.37. The van der Waals surface area contributed by atoms with E-state index in [2.05, 4.69) is 23.8 Å². The van der Waals surface area contributed by atoms with Crippen LogP contribution in [0.1, 0.15) is 51.4 Å². The van der Waals surface area contributed by atoms with Gasteiger partial charge in [-0.1, -0.05) is 25.2 Å². The van der Waals surface area contributed by atoms with Crippen molar-refractivity contribution in [1.29, 1.82) is 0 Å². The molecule has 1 amide bonds. The van der Waals surface area contributed by atoms with Crippen molar-refractivity contribution in [2.45, 2.75) is 75.8 Å². The highest BCUT2D eigenvalue weighted by Crippen LogP contribution is 2.37. The Morgan fingerprint density at radius 2 is 1.86 bits per heavy atom. The molecular weight excluding hydrogens is 474 g/mol. The summed E-state index contributed by atoms with van der Waals surface area (Å²) in [6, 6.07) is 0.802. The van der Waals surface area contributed by atoms with E-state index in [1.54, 1.807) is 7.11 Å².